The van der Waals surface area contributed by atoms with Crippen molar-refractivity contribution in [3.05, 3.63) is 59.4 Å². The van der Waals surface area contributed by atoms with Crippen molar-refractivity contribution in [2.45, 2.75) is 0 Å². The van der Waals surface area contributed by atoms with E-state index in [1.807, 2.05) is 0 Å². The summed E-state index contributed by atoms with van der Waals surface area (Å²) in [6.45, 7) is 0. The van der Waals surface area contributed by atoms with Gasteiger partial charge in [0.2, 0.25) is 0 Å². The van der Waals surface area contributed by atoms with Crippen LogP contribution in [0.5, 0.6) is 0 Å². The van der Waals surface area contributed by atoms with Crippen LogP contribution in [-0.2, 0) is 0 Å². The van der Waals surface area contributed by atoms with Crippen molar-refractivity contribution in [3.8, 4) is 6.07 Å². The number of hydrogen-bond donors (Lipinski definition) is 1. The van der Waals surface area contributed by atoms with Gasteiger partial charge in [-0.05, 0) is 24.3 Å². The van der Waals surface area contributed by atoms with Gasteiger partial charge in [0.05, 0.1) is 5.69 Å². The summed E-state index contributed by atoms with van der Waals surface area (Å²) in [6.07, 6.45) is 0. The fraction of sp³-hybridized carbons (Fsp3) is 0. The largest absolute Gasteiger partial charge is 0.354 e. The molecule has 2 aromatic rings. The van der Waals surface area contributed by atoms with Crippen LogP contribution in [0, 0.1) is 28.8 Å². The lowest BCUT2D eigenvalue weighted by molar-refractivity contribution is 0.584. The highest BCUT2D eigenvalue weighted by Crippen LogP contribution is 2.23. The highest BCUT2D eigenvalue weighted by Gasteiger charge is 2.08. The standard InChI is InChI=1S/C13H7F3N2/c14-8-4-9(15)6-10(5-8)18-13-3-1-2-12(16)11(13)7-17/h1-6,18H. The molecular weight excluding hydrogens is 241 g/mol. The third-order valence-corrected chi connectivity index (χ3v) is 2.27. The Hall–Kier alpha value is -2.48. The molecule has 0 heterocycles. The number of halogens is 3. The summed E-state index contributed by atoms with van der Waals surface area (Å²) in [5.41, 5.74) is 0.0549. The van der Waals surface area contributed by atoms with Crippen LogP contribution in [0.1, 0.15) is 5.56 Å². The molecule has 2 rings (SSSR count). The van der Waals surface area contributed by atoms with Gasteiger partial charge in [-0.3, -0.25) is 0 Å². The molecule has 0 unspecified atom stereocenters. The van der Waals surface area contributed by atoms with Crippen LogP contribution in [-0.4, -0.2) is 0 Å². The van der Waals surface area contributed by atoms with E-state index < -0.39 is 17.5 Å². The maximum atomic E-state index is 13.3. The predicted octanol–water partition coefficient (Wildman–Crippen LogP) is 3.72. The lowest BCUT2D eigenvalue weighted by atomic mass is 10.1. The Kier molecular flexibility index (Phi) is 3.20. The molecule has 0 atom stereocenters. The minimum atomic E-state index is -0.757. The summed E-state index contributed by atoms with van der Waals surface area (Å²) >= 11 is 0. The van der Waals surface area contributed by atoms with Crippen molar-refractivity contribution in [2.24, 2.45) is 0 Å². The molecule has 5 heteroatoms. The first-order chi connectivity index (χ1) is 8.60. The molecule has 0 radical (unpaired) electrons. The predicted molar refractivity (Wildman–Crippen MR) is 60.8 cm³/mol. The van der Waals surface area contributed by atoms with E-state index in [-0.39, 0.29) is 16.9 Å². The smallest absolute Gasteiger partial charge is 0.143 e. The van der Waals surface area contributed by atoms with Crippen LogP contribution in [0.25, 0.3) is 0 Å². The van der Waals surface area contributed by atoms with E-state index in [0.717, 1.165) is 24.3 Å². The molecule has 2 nitrogen and oxygen atoms in total. The van der Waals surface area contributed by atoms with E-state index in [4.69, 9.17) is 5.26 Å². The van der Waals surface area contributed by atoms with E-state index in [2.05, 4.69) is 5.32 Å². The van der Waals surface area contributed by atoms with Crippen molar-refractivity contribution in [3.63, 3.8) is 0 Å². The minimum Gasteiger partial charge on any atom is -0.354 e. The summed E-state index contributed by atoms with van der Waals surface area (Å²) < 4.78 is 39.2. The fourth-order valence-corrected chi connectivity index (χ4v) is 1.52. The first kappa shape index (κ1) is 12.0. The Morgan fingerprint density at radius 2 is 1.67 bits per heavy atom. The Labute approximate surface area is 101 Å². The summed E-state index contributed by atoms with van der Waals surface area (Å²) in [4.78, 5) is 0. The Bertz CT molecular complexity index is 612. The third-order valence-electron chi connectivity index (χ3n) is 2.27. The van der Waals surface area contributed by atoms with Gasteiger partial charge in [-0.25, -0.2) is 13.2 Å². The van der Waals surface area contributed by atoms with Gasteiger partial charge in [-0.1, -0.05) is 6.07 Å². The molecule has 0 spiro atoms. The summed E-state index contributed by atoms with van der Waals surface area (Å²) in [5.74, 6) is -2.21. The number of nitriles is 1. The van der Waals surface area contributed by atoms with Gasteiger partial charge in [-0.15, -0.1) is 0 Å². The molecule has 2 aromatic carbocycles. The van der Waals surface area contributed by atoms with Gasteiger partial charge in [0.1, 0.15) is 29.1 Å². The zero-order valence-corrected chi connectivity index (χ0v) is 9.05. The lowest BCUT2D eigenvalue weighted by Crippen LogP contribution is -1.97. The molecular formula is C13H7F3N2. The molecule has 0 bridgehead atoms. The number of hydrogen-bond acceptors (Lipinski definition) is 2. The Morgan fingerprint density at radius 3 is 2.28 bits per heavy atom. The number of nitrogens with one attached hydrogen (secondary N) is 1. The van der Waals surface area contributed by atoms with Crippen molar-refractivity contribution in [1.29, 1.82) is 5.26 Å². The summed E-state index contributed by atoms with van der Waals surface area (Å²) in [7, 11) is 0. The highest BCUT2D eigenvalue weighted by atomic mass is 19.1. The van der Waals surface area contributed by atoms with Gasteiger partial charge in [0, 0.05) is 11.8 Å². The average molecular weight is 248 g/mol. The van der Waals surface area contributed by atoms with Crippen LogP contribution in [0.2, 0.25) is 0 Å². The molecule has 0 amide bonds. The summed E-state index contributed by atoms with van der Waals surface area (Å²) in [6, 6.07) is 8.49. The zero-order chi connectivity index (χ0) is 13.1. The molecule has 0 aliphatic heterocycles. The molecule has 0 aliphatic rings. The van der Waals surface area contributed by atoms with Crippen molar-refractivity contribution >= 4 is 11.4 Å². The van der Waals surface area contributed by atoms with Crippen molar-refractivity contribution in [1.82, 2.24) is 0 Å². The zero-order valence-electron chi connectivity index (χ0n) is 9.05. The quantitative estimate of drug-likeness (QED) is 0.879. The fourth-order valence-electron chi connectivity index (χ4n) is 1.52. The van der Waals surface area contributed by atoms with E-state index in [1.165, 1.54) is 12.1 Å². The van der Waals surface area contributed by atoms with E-state index >= 15 is 0 Å². The first-order valence-electron chi connectivity index (χ1n) is 5.02. The number of rotatable bonds is 2. The Balaban J connectivity index is 2.40. The van der Waals surface area contributed by atoms with Gasteiger partial charge in [0.25, 0.3) is 0 Å². The van der Waals surface area contributed by atoms with Crippen LogP contribution in [0.15, 0.2) is 36.4 Å². The number of benzene rings is 2. The normalized spacial score (nSPS) is 9.89. The number of nitrogens with zero attached hydrogens (tertiary/aromatic N) is 1. The molecule has 1 N–H and O–H groups in total. The molecule has 0 fully saturated rings. The van der Waals surface area contributed by atoms with E-state index in [0.29, 0.717) is 0 Å². The topological polar surface area (TPSA) is 35.8 Å². The second kappa shape index (κ2) is 4.80. The molecule has 0 aromatic heterocycles. The Morgan fingerprint density at radius 1 is 1.00 bits per heavy atom. The maximum absolute atomic E-state index is 13.3. The monoisotopic (exact) mass is 248 g/mol. The first-order valence-corrected chi connectivity index (χ1v) is 5.02. The van der Waals surface area contributed by atoms with Crippen LogP contribution < -0.4 is 5.32 Å². The molecule has 0 saturated heterocycles. The van der Waals surface area contributed by atoms with Crippen LogP contribution in [0.4, 0.5) is 24.5 Å². The van der Waals surface area contributed by atoms with E-state index in [9.17, 15) is 13.2 Å². The molecule has 0 aliphatic carbocycles. The second-order valence-electron chi connectivity index (χ2n) is 3.56. The third kappa shape index (κ3) is 2.43. The minimum absolute atomic E-state index is 0.106. The van der Waals surface area contributed by atoms with Crippen LogP contribution >= 0.6 is 0 Å². The molecule has 90 valence electrons. The van der Waals surface area contributed by atoms with Crippen LogP contribution in [0.3, 0.4) is 0 Å². The highest BCUT2D eigenvalue weighted by molar-refractivity contribution is 5.66. The van der Waals surface area contributed by atoms with Gasteiger partial charge >= 0.3 is 0 Å². The summed E-state index contributed by atoms with van der Waals surface area (Å²) in [5, 5.41) is 11.4. The van der Waals surface area contributed by atoms with Gasteiger partial charge in [0.15, 0.2) is 0 Å². The van der Waals surface area contributed by atoms with Gasteiger partial charge in [-0.2, -0.15) is 5.26 Å². The lowest BCUT2D eigenvalue weighted by Gasteiger charge is -2.08. The van der Waals surface area contributed by atoms with Crippen molar-refractivity contribution in [2.75, 3.05) is 5.32 Å². The molecule has 18 heavy (non-hydrogen) atoms. The average Bonchev–Trinajstić information content (AvgIpc) is 2.27. The SMILES string of the molecule is N#Cc1c(F)cccc1Nc1cc(F)cc(F)c1. The van der Waals surface area contributed by atoms with E-state index in [1.54, 1.807) is 6.07 Å². The van der Waals surface area contributed by atoms with Crippen molar-refractivity contribution < 1.29 is 13.2 Å². The molecule has 0 saturated carbocycles. The van der Waals surface area contributed by atoms with Gasteiger partial charge < -0.3 is 5.32 Å². The number of anilines is 2. The second-order valence-corrected chi connectivity index (χ2v) is 3.56. The maximum Gasteiger partial charge on any atom is 0.143 e.